The Balaban J connectivity index is 1.50. The molecule has 0 saturated carbocycles. The van der Waals surface area contributed by atoms with Gasteiger partial charge in [0.25, 0.3) is 0 Å². The van der Waals surface area contributed by atoms with Crippen LogP contribution in [0.2, 0.25) is 0 Å². The summed E-state index contributed by atoms with van der Waals surface area (Å²) in [6.07, 6.45) is 46.7. The molecule has 2 rings (SSSR count). The first-order valence-corrected chi connectivity index (χ1v) is 24.8. The molecule has 0 aromatic heterocycles. The highest BCUT2D eigenvalue weighted by molar-refractivity contribution is 8.76. The molecular weight excluding hydrogens is 673 g/mol. The second-order valence-corrected chi connectivity index (χ2v) is 18.1. The summed E-state index contributed by atoms with van der Waals surface area (Å²) < 4.78 is 0. The van der Waals surface area contributed by atoms with Crippen LogP contribution in [0.15, 0.2) is 46.2 Å². The van der Waals surface area contributed by atoms with E-state index in [1.807, 2.05) is 12.1 Å². The molecule has 0 saturated heterocycles. The van der Waals surface area contributed by atoms with Crippen LogP contribution in [0.1, 0.15) is 230 Å². The maximum absolute atomic E-state index is 10.6. The number of unbranched alkanes of at least 4 members (excludes halogenated alkanes) is 30. The SMILES string of the molecule is CCCCCCCCCCCCCCCCCCc1ccc(O)c(SSc2cc(CCCCCCCCCCCCCCCCCC)ccc2O)c1. The fraction of sp³-hybridized carbons (Fsp3) is 0.750. The monoisotopic (exact) mass is 755 g/mol. The van der Waals surface area contributed by atoms with Crippen molar-refractivity contribution in [3.8, 4) is 11.5 Å². The molecule has 2 aromatic carbocycles. The van der Waals surface area contributed by atoms with E-state index >= 15 is 0 Å². The molecule has 0 radical (unpaired) electrons. The summed E-state index contributed by atoms with van der Waals surface area (Å²) in [6.45, 7) is 4.59. The maximum Gasteiger partial charge on any atom is 0.130 e. The Morgan fingerprint density at radius 2 is 0.558 bits per heavy atom. The zero-order valence-corrected chi connectivity index (χ0v) is 35.8. The molecule has 2 aromatic rings. The summed E-state index contributed by atoms with van der Waals surface area (Å²) in [5.41, 5.74) is 2.60. The number of aryl methyl sites for hydroxylation is 2. The largest absolute Gasteiger partial charge is 0.507 e. The third kappa shape index (κ3) is 25.7. The second-order valence-electron chi connectivity index (χ2n) is 15.9. The van der Waals surface area contributed by atoms with Gasteiger partial charge in [0.2, 0.25) is 0 Å². The Kier molecular flexibility index (Phi) is 30.9. The summed E-state index contributed by atoms with van der Waals surface area (Å²) in [7, 11) is 3.12. The first-order chi connectivity index (χ1) is 25.6. The van der Waals surface area contributed by atoms with Gasteiger partial charge in [-0.1, -0.05) is 219 Å². The predicted octanol–water partition coefficient (Wildman–Crippen LogP) is 17.5. The van der Waals surface area contributed by atoms with Crippen LogP contribution in [-0.2, 0) is 12.8 Å². The van der Waals surface area contributed by atoms with Gasteiger partial charge in [-0.2, -0.15) is 0 Å². The fourth-order valence-electron chi connectivity index (χ4n) is 7.41. The molecule has 0 unspecified atom stereocenters. The highest BCUT2D eigenvalue weighted by Gasteiger charge is 2.10. The quantitative estimate of drug-likeness (QED) is 0.0532. The number of rotatable bonds is 37. The maximum atomic E-state index is 10.6. The van der Waals surface area contributed by atoms with E-state index in [2.05, 4.69) is 38.1 Å². The van der Waals surface area contributed by atoms with Crippen molar-refractivity contribution in [1.82, 2.24) is 0 Å². The van der Waals surface area contributed by atoms with Crippen molar-refractivity contribution in [2.75, 3.05) is 0 Å². The number of hydrogen-bond donors (Lipinski definition) is 2. The van der Waals surface area contributed by atoms with Crippen LogP contribution in [0.4, 0.5) is 0 Å². The number of phenols is 2. The van der Waals surface area contributed by atoms with Crippen LogP contribution in [0.5, 0.6) is 11.5 Å². The van der Waals surface area contributed by atoms with Gasteiger partial charge in [0.05, 0.1) is 9.79 Å². The van der Waals surface area contributed by atoms with Crippen LogP contribution in [0, 0.1) is 0 Å². The molecule has 0 aliphatic heterocycles. The van der Waals surface area contributed by atoms with E-state index in [9.17, 15) is 10.2 Å². The van der Waals surface area contributed by atoms with Gasteiger partial charge in [0, 0.05) is 0 Å². The molecule has 298 valence electrons. The van der Waals surface area contributed by atoms with Crippen molar-refractivity contribution in [1.29, 1.82) is 0 Å². The molecule has 52 heavy (non-hydrogen) atoms. The molecule has 4 heteroatoms. The minimum atomic E-state index is 0.331. The molecule has 2 N–H and O–H groups in total. The van der Waals surface area contributed by atoms with Gasteiger partial charge in [0.15, 0.2) is 0 Å². The average molecular weight is 755 g/mol. The zero-order chi connectivity index (χ0) is 37.2. The van der Waals surface area contributed by atoms with E-state index in [-0.39, 0.29) is 0 Å². The van der Waals surface area contributed by atoms with Crippen molar-refractivity contribution in [3.63, 3.8) is 0 Å². The lowest BCUT2D eigenvalue weighted by molar-refractivity contribution is 0.461. The van der Waals surface area contributed by atoms with Gasteiger partial charge in [-0.15, -0.1) is 0 Å². The number of hydrogen-bond acceptors (Lipinski definition) is 4. The molecule has 2 nitrogen and oxygen atoms in total. The average Bonchev–Trinajstić information content (AvgIpc) is 3.15. The molecule has 0 bridgehead atoms. The van der Waals surface area contributed by atoms with Gasteiger partial charge < -0.3 is 10.2 Å². The number of aromatic hydroxyl groups is 2. The molecule has 0 spiro atoms. The lowest BCUT2D eigenvalue weighted by Gasteiger charge is -2.10. The standard InChI is InChI=1S/C48H82O2S2/c1-3-5-7-9-11-13-15-17-19-21-23-25-27-29-31-33-35-43-37-39-45(49)47(41-43)51-52-48-42-44(38-40-46(48)50)36-34-32-30-28-26-24-22-20-18-16-14-12-10-8-6-4-2/h37-42,49-50H,3-36H2,1-2H3. The first-order valence-electron chi connectivity index (χ1n) is 22.6. The van der Waals surface area contributed by atoms with Gasteiger partial charge in [-0.25, -0.2) is 0 Å². The highest BCUT2D eigenvalue weighted by Crippen LogP contribution is 2.45. The summed E-state index contributed by atoms with van der Waals surface area (Å²) in [5, 5.41) is 21.1. The summed E-state index contributed by atoms with van der Waals surface area (Å²) in [6, 6.07) is 12.1. The Hall–Kier alpha value is -1.26. The minimum Gasteiger partial charge on any atom is -0.507 e. The summed E-state index contributed by atoms with van der Waals surface area (Å²) >= 11 is 0. The van der Waals surface area contributed by atoms with Crippen molar-refractivity contribution in [3.05, 3.63) is 47.5 Å². The van der Waals surface area contributed by atoms with E-state index in [0.717, 1.165) is 22.6 Å². The third-order valence-electron chi connectivity index (χ3n) is 10.9. The van der Waals surface area contributed by atoms with E-state index < -0.39 is 0 Å². The second kappa shape index (κ2) is 34.2. The molecule has 0 fully saturated rings. The van der Waals surface area contributed by atoms with E-state index in [1.54, 1.807) is 21.6 Å². The number of benzene rings is 2. The normalized spacial score (nSPS) is 11.5. The van der Waals surface area contributed by atoms with Crippen LogP contribution in [0.25, 0.3) is 0 Å². The van der Waals surface area contributed by atoms with E-state index in [1.165, 1.54) is 217 Å². The van der Waals surface area contributed by atoms with Gasteiger partial charge in [0.1, 0.15) is 11.5 Å². The van der Waals surface area contributed by atoms with Crippen molar-refractivity contribution in [2.45, 2.75) is 242 Å². The van der Waals surface area contributed by atoms with E-state index in [0.29, 0.717) is 11.5 Å². The minimum absolute atomic E-state index is 0.331. The van der Waals surface area contributed by atoms with Crippen LogP contribution in [-0.4, -0.2) is 10.2 Å². The zero-order valence-electron chi connectivity index (χ0n) is 34.2. The Bertz CT molecular complexity index is 1000. The summed E-state index contributed by atoms with van der Waals surface area (Å²) in [4.78, 5) is 1.78. The lowest BCUT2D eigenvalue weighted by Crippen LogP contribution is -1.88. The smallest absolute Gasteiger partial charge is 0.130 e. The van der Waals surface area contributed by atoms with Crippen LogP contribution >= 0.6 is 21.6 Å². The van der Waals surface area contributed by atoms with Crippen molar-refractivity contribution >= 4 is 21.6 Å². The molecule has 0 aliphatic rings. The summed E-state index contributed by atoms with van der Waals surface area (Å²) in [5.74, 6) is 0.661. The molecular formula is C48H82O2S2. The Morgan fingerprint density at radius 3 is 0.808 bits per heavy atom. The first kappa shape index (κ1) is 46.9. The fourth-order valence-corrected chi connectivity index (χ4v) is 9.63. The lowest BCUT2D eigenvalue weighted by atomic mass is 10.0. The topological polar surface area (TPSA) is 40.5 Å². The Morgan fingerprint density at radius 1 is 0.327 bits per heavy atom. The molecule has 0 heterocycles. The Labute approximate surface area is 331 Å². The highest BCUT2D eigenvalue weighted by atomic mass is 33.1. The van der Waals surface area contributed by atoms with E-state index in [4.69, 9.17) is 0 Å². The molecule has 0 amide bonds. The van der Waals surface area contributed by atoms with Gasteiger partial charge in [-0.3, -0.25) is 0 Å². The van der Waals surface area contributed by atoms with Gasteiger partial charge in [-0.05, 0) is 82.7 Å². The van der Waals surface area contributed by atoms with Gasteiger partial charge >= 0.3 is 0 Å². The van der Waals surface area contributed by atoms with Crippen molar-refractivity contribution in [2.24, 2.45) is 0 Å². The van der Waals surface area contributed by atoms with Crippen molar-refractivity contribution < 1.29 is 10.2 Å². The third-order valence-corrected chi connectivity index (χ3v) is 13.3. The number of phenolic OH excluding ortho intramolecular Hbond substituents is 2. The van der Waals surface area contributed by atoms with Crippen LogP contribution in [0.3, 0.4) is 0 Å². The molecule has 0 atom stereocenters. The predicted molar refractivity (Wildman–Crippen MR) is 234 cm³/mol. The molecule has 0 aliphatic carbocycles. The van der Waals surface area contributed by atoms with Crippen LogP contribution < -0.4 is 0 Å².